The van der Waals surface area contributed by atoms with Gasteiger partial charge in [0.1, 0.15) is 0 Å². The fraction of sp³-hybridized carbons (Fsp3) is 0.429. The minimum absolute atomic E-state index is 0.0100. The van der Waals surface area contributed by atoms with Gasteiger partial charge in [-0.05, 0) is 55.0 Å². The van der Waals surface area contributed by atoms with Gasteiger partial charge in [-0.2, -0.15) is 17.2 Å². The van der Waals surface area contributed by atoms with Crippen molar-refractivity contribution in [3.8, 4) is 0 Å². The summed E-state index contributed by atoms with van der Waals surface area (Å²) in [6, 6.07) is 5.29. The van der Waals surface area contributed by atoms with Crippen LogP contribution in [0.15, 0.2) is 62.3 Å². The Morgan fingerprint density at radius 1 is 0.727 bits per heavy atom. The van der Waals surface area contributed by atoms with Crippen molar-refractivity contribution < 1.29 is 25.3 Å². The van der Waals surface area contributed by atoms with Gasteiger partial charge in [-0.1, -0.05) is 39.0 Å². The van der Waals surface area contributed by atoms with E-state index in [1.807, 2.05) is 0 Å². The van der Waals surface area contributed by atoms with Crippen molar-refractivity contribution in [1.82, 2.24) is 0 Å². The molecule has 1 aliphatic carbocycles. The second-order valence-electron chi connectivity index (χ2n) is 7.62. The van der Waals surface area contributed by atoms with Crippen LogP contribution in [-0.2, 0) is 30.1 Å². The van der Waals surface area contributed by atoms with E-state index in [-0.39, 0.29) is 27.8 Å². The SMILES string of the molecule is CCCCCCCCS(=O)(=O)Nc1ccc(S(=O)(=O)N=C2C=CC(=NS(C)(=O)=O)C=C2)cc1. The molecule has 0 spiro atoms. The molecule has 1 N–H and O–H groups in total. The third-order valence-electron chi connectivity index (χ3n) is 4.54. The number of anilines is 1. The Labute approximate surface area is 196 Å². The molecule has 0 amide bonds. The summed E-state index contributed by atoms with van der Waals surface area (Å²) >= 11 is 0. The normalized spacial score (nSPS) is 14.4. The van der Waals surface area contributed by atoms with Gasteiger partial charge in [0.05, 0.1) is 28.3 Å². The van der Waals surface area contributed by atoms with Crippen molar-refractivity contribution >= 4 is 47.2 Å². The molecular formula is C21H29N3O6S3. The van der Waals surface area contributed by atoms with Crippen LogP contribution in [0.25, 0.3) is 0 Å². The standard InChI is InChI=1S/C21H29N3O6S3/c1-3-4-5-6-7-8-17-32(27,28)23-19-13-15-21(16-14-19)33(29,30)24-20-11-9-18(10-12-20)22-31(2,25)26/h9-16,23H,3-8,17H2,1-2H3. The topological polar surface area (TPSA) is 139 Å². The molecule has 9 nitrogen and oxygen atoms in total. The molecule has 0 fully saturated rings. The van der Waals surface area contributed by atoms with E-state index in [0.717, 1.165) is 38.4 Å². The average Bonchev–Trinajstić information content (AvgIpc) is 2.71. The zero-order valence-electron chi connectivity index (χ0n) is 18.6. The highest BCUT2D eigenvalue weighted by atomic mass is 32.2. The van der Waals surface area contributed by atoms with Gasteiger partial charge in [-0.25, -0.2) is 16.8 Å². The molecule has 1 aliphatic rings. The number of unbranched alkanes of at least 4 members (excludes halogenated alkanes) is 5. The van der Waals surface area contributed by atoms with E-state index in [9.17, 15) is 25.3 Å². The van der Waals surface area contributed by atoms with Crippen molar-refractivity contribution in [3.63, 3.8) is 0 Å². The van der Waals surface area contributed by atoms with Crippen molar-refractivity contribution in [2.75, 3.05) is 16.7 Å². The van der Waals surface area contributed by atoms with Crippen LogP contribution in [0, 0.1) is 0 Å². The first kappa shape index (κ1) is 26.9. The number of benzene rings is 1. The predicted octanol–water partition coefficient (Wildman–Crippen LogP) is 3.45. The molecule has 0 saturated heterocycles. The highest BCUT2D eigenvalue weighted by molar-refractivity contribution is 7.92. The van der Waals surface area contributed by atoms with Crippen LogP contribution in [-0.4, -0.2) is 48.7 Å². The lowest BCUT2D eigenvalue weighted by Gasteiger charge is -2.09. The Bertz CT molecular complexity index is 1240. The van der Waals surface area contributed by atoms with Gasteiger partial charge in [0.25, 0.3) is 20.0 Å². The minimum Gasteiger partial charge on any atom is -0.284 e. The van der Waals surface area contributed by atoms with Crippen LogP contribution in [0.4, 0.5) is 5.69 Å². The summed E-state index contributed by atoms with van der Waals surface area (Å²) in [5.74, 6) is 0.0100. The lowest BCUT2D eigenvalue weighted by Crippen LogP contribution is -2.16. The van der Waals surface area contributed by atoms with Crippen molar-refractivity contribution in [3.05, 3.63) is 48.6 Å². The lowest BCUT2D eigenvalue weighted by molar-refractivity contribution is 0.587. The molecule has 2 rings (SSSR count). The summed E-state index contributed by atoms with van der Waals surface area (Å²) in [4.78, 5) is -0.105. The highest BCUT2D eigenvalue weighted by Gasteiger charge is 2.16. The lowest BCUT2D eigenvalue weighted by atomic mass is 10.1. The van der Waals surface area contributed by atoms with Crippen LogP contribution >= 0.6 is 0 Å². The zero-order chi connectivity index (χ0) is 24.5. The Morgan fingerprint density at radius 3 is 1.79 bits per heavy atom. The third kappa shape index (κ3) is 10.0. The Morgan fingerprint density at radius 2 is 1.24 bits per heavy atom. The van der Waals surface area contributed by atoms with Crippen LogP contribution < -0.4 is 4.72 Å². The first-order chi connectivity index (χ1) is 15.4. The maximum absolute atomic E-state index is 12.5. The minimum atomic E-state index is -4.05. The fourth-order valence-corrected chi connectivity index (χ4v) is 5.63. The monoisotopic (exact) mass is 515 g/mol. The molecule has 1 aromatic carbocycles. The molecule has 0 unspecified atom stereocenters. The summed E-state index contributed by atoms with van der Waals surface area (Å²) in [7, 11) is -11.1. The van der Waals surface area contributed by atoms with E-state index in [1.165, 1.54) is 48.6 Å². The van der Waals surface area contributed by atoms with Crippen LogP contribution in [0.5, 0.6) is 0 Å². The Hall–Kier alpha value is -2.31. The van der Waals surface area contributed by atoms with Gasteiger partial charge < -0.3 is 0 Å². The van der Waals surface area contributed by atoms with E-state index in [0.29, 0.717) is 6.42 Å². The second-order valence-corrected chi connectivity index (χ2v) is 12.7. The first-order valence-electron chi connectivity index (χ1n) is 10.5. The fourth-order valence-electron chi connectivity index (χ4n) is 2.96. The number of sulfonamides is 3. The van der Waals surface area contributed by atoms with Crippen LogP contribution in [0.2, 0.25) is 0 Å². The van der Waals surface area contributed by atoms with Gasteiger partial charge >= 0.3 is 0 Å². The van der Waals surface area contributed by atoms with E-state index in [1.54, 1.807) is 0 Å². The van der Waals surface area contributed by atoms with E-state index >= 15 is 0 Å². The molecule has 1 aromatic rings. The maximum Gasteiger partial charge on any atom is 0.282 e. The van der Waals surface area contributed by atoms with Crippen molar-refractivity contribution in [2.45, 2.75) is 50.3 Å². The number of nitrogens with zero attached hydrogens (tertiary/aromatic N) is 2. The summed E-state index contributed by atoms with van der Waals surface area (Å²) < 4.78 is 81.6. The smallest absolute Gasteiger partial charge is 0.282 e. The Balaban J connectivity index is 2.00. The zero-order valence-corrected chi connectivity index (χ0v) is 21.1. The summed E-state index contributed by atoms with van der Waals surface area (Å²) in [5.41, 5.74) is 0.532. The Kier molecular flexibility index (Phi) is 9.56. The van der Waals surface area contributed by atoms with E-state index in [2.05, 4.69) is 20.4 Å². The van der Waals surface area contributed by atoms with Crippen LogP contribution in [0.3, 0.4) is 0 Å². The number of allylic oxidation sites excluding steroid dienone is 4. The average molecular weight is 516 g/mol. The van der Waals surface area contributed by atoms with E-state index < -0.39 is 30.1 Å². The molecule has 0 radical (unpaired) electrons. The largest absolute Gasteiger partial charge is 0.284 e. The maximum atomic E-state index is 12.5. The van der Waals surface area contributed by atoms with Gasteiger partial charge in [0.15, 0.2) is 0 Å². The molecule has 0 atom stereocenters. The molecule has 0 saturated carbocycles. The molecule has 12 heteroatoms. The predicted molar refractivity (Wildman–Crippen MR) is 132 cm³/mol. The summed E-state index contributed by atoms with van der Waals surface area (Å²) in [5, 5.41) is 0. The molecular weight excluding hydrogens is 486 g/mol. The van der Waals surface area contributed by atoms with Crippen molar-refractivity contribution in [1.29, 1.82) is 0 Å². The van der Waals surface area contributed by atoms with E-state index in [4.69, 9.17) is 0 Å². The second kappa shape index (κ2) is 11.7. The third-order valence-corrected chi connectivity index (χ3v) is 7.77. The van der Waals surface area contributed by atoms with Gasteiger partial charge in [-0.3, -0.25) is 4.72 Å². The summed E-state index contributed by atoms with van der Waals surface area (Å²) in [6.45, 7) is 2.12. The summed E-state index contributed by atoms with van der Waals surface area (Å²) in [6.07, 6.45) is 12.1. The van der Waals surface area contributed by atoms with Crippen LogP contribution in [0.1, 0.15) is 45.4 Å². The van der Waals surface area contributed by atoms with Crippen molar-refractivity contribution in [2.24, 2.45) is 8.80 Å². The number of rotatable bonds is 12. The quantitative estimate of drug-likeness (QED) is 0.334. The van der Waals surface area contributed by atoms with Gasteiger partial charge in [0.2, 0.25) is 10.0 Å². The number of hydrogen-bond acceptors (Lipinski definition) is 6. The number of nitrogens with one attached hydrogen (secondary N) is 1. The first-order valence-corrected chi connectivity index (χ1v) is 15.5. The molecule has 0 aromatic heterocycles. The highest BCUT2D eigenvalue weighted by Crippen LogP contribution is 2.18. The molecule has 33 heavy (non-hydrogen) atoms. The number of hydrogen-bond donors (Lipinski definition) is 1. The molecule has 0 heterocycles. The van der Waals surface area contributed by atoms with Gasteiger partial charge in [0, 0.05) is 5.69 Å². The van der Waals surface area contributed by atoms with Gasteiger partial charge in [-0.15, -0.1) is 0 Å². The molecule has 0 bridgehead atoms. The molecule has 0 aliphatic heterocycles. The molecule has 182 valence electrons.